The molecule has 2 aliphatic carbocycles. The monoisotopic (exact) mass is 580 g/mol. The van der Waals surface area contributed by atoms with Crippen molar-refractivity contribution in [3.05, 3.63) is 54.5 Å². The lowest BCUT2D eigenvalue weighted by atomic mass is 9.72. The highest BCUT2D eigenvalue weighted by atomic mass is 79.9. The summed E-state index contributed by atoms with van der Waals surface area (Å²) >= 11 is 7.76. The molecule has 1 nitrogen and oxygen atoms in total. The third kappa shape index (κ3) is 5.72. The minimum Gasteiger partial charge on any atom is -0.412 e. The van der Waals surface area contributed by atoms with Gasteiger partial charge >= 0.3 is 0 Å². The summed E-state index contributed by atoms with van der Waals surface area (Å²) in [6.45, 7) is 17.0. The fraction of sp³-hybridized carbons (Fsp3) is 0.643. The molecule has 0 aliphatic heterocycles. The maximum Gasteiger partial charge on any atom is 0.192 e. The van der Waals surface area contributed by atoms with Crippen LogP contribution < -0.4 is 0 Å². The second-order valence-corrected chi connectivity index (χ2v) is 17.9. The molecule has 1 atom stereocenters. The number of hydrogen-bond acceptors (Lipinski definition) is 1. The van der Waals surface area contributed by atoms with Crippen molar-refractivity contribution in [2.75, 3.05) is 6.61 Å². The van der Waals surface area contributed by atoms with E-state index in [1.165, 1.54) is 59.5 Å². The predicted molar refractivity (Wildman–Crippen MR) is 150 cm³/mol. The molecule has 4 heteroatoms. The highest BCUT2D eigenvalue weighted by molar-refractivity contribution is 9.11. The van der Waals surface area contributed by atoms with Crippen LogP contribution in [0.1, 0.15) is 94.4 Å². The number of rotatable bonds is 6. The van der Waals surface area contributed by atoms with Crippen LogP contribution in [0.3, 0.4) is 0 Å². The van der Waals surface area contributed by atoms with E-state index in [-0.39, 0.29) is 5.04 Å². The Hall–Kier alpha value is -0.163. The van der Waals surface area contributed by atoms with Crippen LogP contribution >= 0.6 is 31.9 Å². The number of benzene rings is 1. The van der Waals surface area contributed by atoms with Crippen LogP contribution in [-0.4, -0.2) is 14.9 Å². The summed E-state index contributed by atoms with van der Waals surface area (Å²) in [7, 11) is -1.75. The average Bonchev–Trinajstić information content (AvgIpc) is 2.72. The van der Waals surface area contributed by atoms with Gasteiger partial charge in [0, 0.05) is 14.9 Å². The van der Waals surface area contributed by atoms with Gasteiger partial charge in [0.05, 0.1) is 6.61 Å². The topological polar surface area (TPSA) is 9.23 Å². The van der Waals surface area contributed by atoms with Gasteiger partial charge in [-0.1, -0.05) is 65.1 Å². The Balaban J connectivity index is 1.95. The quantitative estimate of drug-likeness (QED) is 0.304. The molecule has 1 aromatic carbocycles. The van der Waals surface area contributed by atoms with Crippen LogP contribution in [-0.2, 0) is 17.3 Å². The van der Waals surface area contributed by atoms with Gasteiger partial charge in [-0.2, -0.15) is 0 Å². The smallest absolute Gasteiger partial charge is 0.192 e. The first-order chi connectivity index (χ1) is 15.0. The summed E-state index contributed by atoms with van der Waals surface area (Å²) in [6, 6.07) is 2.40. The van der Waals surface area contributed by atoms with E-state index in [2.05, 4.69) is 91.7 Å². The summed E-state index contributed by atoms with van der Waals surface area (Å²) in [5.41, 5.74) is 9.55. The van der Waals surface area contributed by atoms with Crippen molar-refractivity contribution in [2.24, 2.45) is 0 Å². The predicted octanol–water partition coefficient (Wildman–Crippen LogP) is 9.91. The molecule has 0 fully saturated rings. The number of allylic oxidation sites excluding steroid dienone is 3. The number of fused-ring (bicyclic) bond motifs is 1. The summed E-state index contributed by atoms with van der Waals surface area (Å²) in [5.74, 6) is 0.561. The molecule has 0 spiro atoms. The Morgan fingerprint density at radius 2 is 1.84 bits per heavy atom. The van der Waals surface area contributed by atoms with Gasteiger partial charge in [-0.3, -0.25) is 0 Å². The van der Waals surface area contributed by atoms with E-state index in [9.17, 15) is 0 Å². The minimum absolute atomic E-state index is 0.237. The van der Waals surface area contributed by atoms with Crippen molar-refractivity contribution in [3.63, 3.8) is 0 Å². The Labute approximate surface area is 214 Å². The second-order valence-electron chi connectivity index (χ2n) is 11.2. The Bertz CT molecular complexity index is 905. The first-order valence-electron chi connectivity index (χ1n) is 12.5. The molecular weight excluding hydrogens is 540 g/mol. The molecule has 0 amide bonds. The van der Waals surface area contributed by atoms with Gasteiger partial charge in [-0.15, -0.1) is 0 Å². The van der Waals surface area contributed by atoms with E-state index in [4.69, 9.17) is 4.43 Å². The molecule has 0 radical (unpaired) electrons. The van der Waals surface area contributed by atoms with Crippen molar-refractivity contribution in [1.29, 1.82) is 0 Å². The van der Waals surface area contributed by atoms with E-state index >= 15 is 0 Å². The van der Waals surface area contributed by atoms with Gasteiger partial charge in [0.1, 0.15) is 0 Å². The summed E-state index contributed by atoms with van der Waals surface area (Å²) < 4.78 is 8.97. The Morgan fingerprint density at radius 1 is 1.16 bits per heavy atom. The third-order valence-electron chi connectivity index (χ3n) is 8.11. The van der Waals surface area contributed by atoms with Crippen LogP contribution in [0.5, 0.6) is 0 Å². The van der Waals surface area contributed by atoms with Gasteiger partial charge < -0.3 is 4.43 Å². The minimum atomic E-state index is -1.75. The molecule has 32 heavy (non-hydrogen) atoms. The summed E-state index contributed by atoms with van der Waals surface area (Å²) in [5, 5.41) is 0.237. The molecular formula is C28H42Br2OSi. The SMILES string of the molecule is CCC1=C(/C=C(/Br)CO[Si](C)(C)C(C)(C)C)CCCC1c1c(C)c(Br)cc2c1CCCC2. The summed E-state index contributed by atoms with van der Waals surface area (Å²) in [4.78, 5) is 0. The largest absolute Gasteiger partial charge is 0.412 e. The molecule has 0 bridgehead atoms. The van der Waals surface area contributed by atoms with Crippen molar-refractivity contribution < 1.29 is 4.43 Å². The standard InChI is InChI=1S/C28H42Br2OSi/c1-8-23-20(16-22(29)18-31-32(6,7)28(3,4)5)13-11-15-25(23)27-19(2)26(30)17-21-12-9-10-14-24(21)27/h16-17,25H,8-15,18H2,1-7H3/b22-16+. The number of hydrogen-bond donors (Lipinski definition) is 0. The molecule has 178 valence electrons. The second kappa shape index (κ2) is 10.6. The van der Waals surface area contributed by atoms with E-state index in [1.807, 2.05) is 0 Å². The molecule has 2 aliphatic rings. The normalized spacial score (nSPS) is 20.5. The zero-order chi connectivity index (χ0) is 23.7. The van der Waals surface area contributed by atoms with Gasteiger partial charge in [0.15, 0.2) is 8.32 Å². The summed E-state index contributed by atoms with van der Waals surface area (Å²) in [6.07, 6.45) is 12.4. The van der Waals surface area contributed by atoms with Crippen LogP contribution in [0, 0.1) is 6.92 Å². The molecule has 1 unspecified atom stereocenters. The lowest BCUT2D eigenvalue weighted by molar-refractivity contribution is 0.326. The van der Waals surface area contributed by atoms with Crippen LogP contribution in [0.25, 0.3) is 0 Å². The van der Waals surface area contributed by atoms with Crippen molar-refractivity contribution in [1.82, 2.24) is 0 Å². The average molecular weight is 583 g/mol. The van der Waals surface area contributed by atoms with Gasteiger partial charge in [-0.25, -0.2) is 0 Å². The van der Waals surface area contributed by atoms with E-state index in [0.29, 0.717) is 12.5 Å². The van der Waals surface area contributed by atoms with Crippen LogP contribution in [0.4, 0.5) is 0 Å². The Morgan fingerprint density at radius 3 is 2.50 bits per heavy atom. The van der Waals surface area contributed by atoms with Crippen LogP contribution in [0.2, 0.25) is 18.1 Å². The Kier molecular flexibility index (Phi) is 8.78. The fourth-order valence-electron chi connectivity index (χ4n) is 5.19. The van der Waals surface area contributed by atoms with Crippen molar-refractivity contribution in [2.45, 2.75) is 110 Å². The lowest BCUT2D eigenvalue weighted by Crippen LogP contribution is -2.41. The van der Waals surface area contributed by atoms with E-state index in [1.54, 1.807) is 27.8 Å². The number of aryl methyl sites for hydroxylation is 1. The maximum atomic E-state index is 6.48. The molecule has 1 aromatic rings. The van der Waals surface area contributed by atoms with Gasteiger partial charge in [0.2, 0.25) is 0 Å². The highest BCUT2D eigenvalue weighted by Gasteiger charge is 2.37. The molecule has 0 aromatic heterocycles. The van der Waals surface area contributed by atoms with Crippen molar-refractivity contribution in [3.8, 4) is 0 Å². The molecule has 3 rings (SSSR count). The first kappa shape index (κ1) is 26.4. The number of halogens is 2. The third-order valence-corrected chi connectivity index (χ3v) is 13.9. The highest BCUT2D eigenvalue weighted by Crippen LogP contribution is 2.46. The molecule has 0 heterocycles. The maximum absolute atomic E-state index is 6.48. The van der Waals surface area contributed by atoms with Gasteiger partial charge in [-0.05, 0) is 116 Å². The zero-order valence-corrected chi connectivity index (χ0v) is 25.4. The van der Waals surface area contributed by atoms with Crippen molar-refractivity contribution >= 4 is 40.2 Å². The fourth-order valence-corrected chi connectivity index (χ4v) is 7.23. The first-order valence-corrected chi connectivity index (χ1v) is 17.0. The van der Waals surface area contributed by atoms with Gasteiger partial charge in [0.25, 0.3) is 0 Å². The van der Waals surface area contributed by atoms with Crippen LogP contribution in [0.15, 0.2) is 32.2 Å². The molecule has 0 N–H and O–H groups in total. The lowest BCUT2D eigenvalue weighted by Gasteiger charge is -2.36. The zero-order valence-electron chi connectivity index (χ0n) is 21.3. The van der Waals surface area contributed by atoms with E-state index < -0.39 is 8.32 Å². The molecule has 0 saturated carbocycles. The van der Waals surface area contributed by atoms with E-state index in [0.717, 1.165) is 6.42 Å². The molecule has 0 saturated heterocycles.